The molecule has 0 aliphatic carbocycles. The van der Waals surface area contributed by atoms with Crippen molar-refractivity contribution in [3.05, 3.63) is 59.2 Å². The number of hydrogen-bond acceptors (Lipinski definition) is 4. The minimum atomic E-state index is -1.28. The van der Waals surface area contributed by atoms with E-state index >= 15 is 0 Å². The molecule has 2 rings (SSSR count). The molecule has 2 aromatic rings. The van der Waals surface area contributed by atoms with E-state index in [4.69, 9.17) is 5.11 Å². The molecular weight excluding hydrogens is 258 g/mol. The Morgan fingerprint density at radius 2 is 1.70 bits per heavy atom. The normalized spacial score (nSPS) is 10.1. The predicted octanol–water partition coefficient (Wildman–Crippen LogP) is 1.41. The Bertz CT molecular complexity index is 638. The summed E-state index contributed by atoms with van der Waals surface area (Å²) in [5.74, 6) is -1.84. The Balaban J connectivity index is 2.09. The summed E-state index contributed by atoms with van der Waals surface area (Å²) in [4.78, 5) is 30.3. The molecule has 0 spiro atoms. The molecule has 2 N–H and O–H groups in total. The van der Waals surface area contributed by atoms with E-state index in [9.17, 15) is 9.59 Å². The van der Waals surface area contributed by atoms with Gasteiger partial charge in [0.15, 0.2) is 11.4 Å². The van der Waals surface area contributed by atoms with Crippen molar-refractivity contribution >= 4 is 11.9 Å². The predicted molar refractivity (Wildman–Crippen MR) is 71.3 cm³/mol. The Labute approximate surface area is 115 Å². The lowest BCUT2D eigenvalue weighted by Crippen LogP contribution is -2.26. The number of aryl methyl sites for hydroxylation is 1. The highest BCUT2D eigenvalue weighted by Crippen LogP contribution is 2.05. The summed E-state index contributed by atoms with van der Waals surface area (Å²) < 4.78 is 0. The number of hydrogen-bond donors (Lipinski definition) is 2. The van der Waals surface area contributed by atoms with Gasteiger partial charge in [0.1, 0.15) is 0 Å². The summed E-state index contributed by atoms with van der Waals surface area (Å²) in [7, 11) is 0. The van der Waals surface area contributed by atoms with Gasteiger partial charge in [-0.25, -0.2) is 14.8 Å². The van der Waals surface area contributed by atoms with Crippen LogP contribution in [0.2, 0.25) is 0 Å². The van der Waals surface area contributed by atoms with Gasteiger partial charge in [0.05, 0.1) is 0 Å². The standard InChI is InChI=1S/C14H13N3O3/c1-9-2-4-10(5-3-9)8-17-13(18)11-12(14(19)20)16-7-6-15-11/h2-7H,8H2,1H3,(H,17,18)(H,19,20). The first-order valence-corrected chi connectivity index (χ1v) is 5.96. The molecule has 0 aliphatic heterocycles. The lowest BCUT2D eigenvalue weighted by Gasteiger charge is -2.06. The molecule has 6 heteroatoms. The Kier molecular flexibility index (Phi) is 4.05. The van der Waals surface area contributed by atoms with E-state index in [1.165, 1.54) is 12.4 Å². The number of nitrogens with zero attached hydrogens (tertiary/aromatic N) is 2. The molecule has 20 heavy (non-hydrogen) atoms. The zero-order valence-corrected chi connectivity index (χ0v) is 10.8. The molecule has 6 nitrogen and oxygen atoms in total. The molecule has 1 heterocycles. The van der Waals surface area contributed by atoms with Crippen LogP contribution < -0.4 is 5.32 Å². The van der Waals surface area contributed by atoms with Crippen LogP contribution in [0.1, 0.15) is 32.1 Å². The number of aromatic carboxylic acids is 1. The molecule has 102 valence electrons. The zero-order chi connectivity index (χ0) is 14.5. The number of amides is 1. The largest absolute Gasteiger partial charge is 0.476 e. The fourth-order valence-electron chi connectivity index (χ4n) is 1.63. The van der Waals surface area contributed by atoms with Gasteiger partial charge in [0, 0.05) is 18.9 Å². The van der Waals surface area contributed by atoms with E-state index in [0.717, 1.165) is 11.1 Å². The number of rotatable bonds is 4. The third kappa shape index (κ3) is 3.17. The first-order chi connectivity index (χ1) is 9.58. The van der Waals surface area contributed by atoms with Crippen molar-refractivity contribution in [3.63, 3.8) is 0 Å². The highest BCUT2D eigenvalue weighted by Gasteiger charge is 2.18. The van der Waals surface area contributed by atoms with Gasteiger partial charge < -0.3 is 10.4 Å². The number of benzene rings is 1. The number of carboxylic acids is 1. The topological polar surface area (TPSA) is 92.2 Å². The van der Waals surface area contributed by atoms with E-state index in [0.29, 0.717) is 6.54 Å². The van der Waals surface area contributed by atoms with Gasteiger partial charge in [-0.2, -0.15) is 0 Å². The second-order valence-corrected chi connectivity index (χ2v) is 4.23. The Morgan fingerprint density at radius 1 is 1.10 bits per heavy atom. The third-order valence-corrected chi connectivity index (χ3v) is 2.69. The molecule has 1 amide bonds. The molecule has 0 saturated heterocycles. The summed E-state index contributed by atoms with van der Waals surface area (Å²) in [5.41, 5.74) is 1.51. The quantitative estimate of drug-likeness (QED) is 0.877. The van der Waals surface area contributed by atoms with Crippen LogP contribution >= 0.6 is 0 Å². The minimum Gasteiger partial charge on any atom is -0.476 e. The van der Waals surface area contributed by atoms with Gasteiger partial charge in [-0.15, -0.1) is 0 Å². The molecule has 0 radical (unpaired) electrons. The monoisotopic (exact) mass is 271 g/mol. The first-order valence-electron chi connectivity index (χ1n) is 5.96. The van der Waals surface area contributed by atoms with Crippen LogP contribution in [0.15, 0.2) is 36.7 Å². The lowest BCUT2D eigenvalue weighted by molar-refractivity contribution is 0.0683. The summed E-state index contributed by atoms with van der Waals surface area (Å²) in [6.07, 6.45) is 2.52. The minimum absolute atomic E-state index is 0.188. The first kappa shape index (κ1) is 13.7. The SMILES string of the molecule is Cc1ccc(CNC(=O)c2nccnc2C(=O)O)cc1. The summed E-state index contributed by atoms with van der Waals surface area (Å²) >= 11 is 0. The van der Waals surface area contributed by atoms with Crippen molar-refractivity contribution in [2.24, 2.45) is 0 Å². The number of carboxylic acid groups (broad SMARTS) is 1. The highest BCUT2D eigenvalue weighted by atomic mass is 16.4. The average Bonchev–Trinajstić information content (AvgIpc) is 2.46. The van der Waals surface area contributed by atoms with Gasteiger partial charge in [0.2, 0.25) is 0 Å². The fourth-order valence-corrected chi connectivity index (χ4v) is 1.63. The van der Waals surface area contributed by atoms with Crippen LogP contribution in [0, 0.1) is 6.92 Å². The number of carbonyl (C=O) groups excluding carboxylic acids is 1. The maximum absolute atomic E-state index is 11.9. The molecule has 1 aromatic heterocycles. The zero-order valence-electron chi connectivity index (χ0n) is 10.8. The number of nitrogens with one attached hydrogen (secondary N) is 1. The van der Waals surface area contributed by atoms with Crippen LogP contribution in [0.4, 0.5) is 0 Å². The van der Waals surface area contributed by atoms with Crippen LogP contribution in [-0.4, -0.2) is 27.0 Å². The number of aromatic nitrogens is 2. The van der Waals surface area contributed by atoms with E-state index in [1.807, 2.05) is 31.2 Å². The second-order valence-electron chi connectivity index (χ2n) is 4.23. The van der Waals surface area contributed by atoms with Crippen LogP contribution in [0.3, 0.4) is 0 Å². The molecule has 0 bridgehead atoms. The van der Waals surface area contributed by atoms with Gasteiger partial charge in [0.25, 0.3) is 5.91 Å². The van der Waals surface area contributed by atoms with E-state index in [1.54, 1.807) is 0 Å². The van der Waals surface area contributed by atoms with Crippen molar-refractivity contribution in [1.82, 2.24) is 15.3 Å². The summed E-state index contributed by atoms with van der Waals surface area (Å²) in [6, 6.07) is 7.66. The molecule has 0 atom stereocenters. The van der Waals surface area contributed by atoms with Crippen LogP contribution in [0.25, 0.3) is 0 Å². The highest BCUT2D eigenvalue weighted by molar-refractivity contribution is 6.01. The molecule has 0 saturated carbocycles. The smallest absolute Gasteiger partial charge is 0.356 e. The maximum Gasteiger partial charge on any atom is 0.356 e. The molecule has 0 aliphatic rings. The molecule has 0 fully saturated rings. The van der Waals surface area contributed by atoms with E-state index < -0.39 is 11.9 Å². The lowest BCUT2D eigenvalue weighted by atomic mass is 10.1. The molecular formula is C14H13N3O3. The van der Waals surface area contributed by atoms with Gasteiger partial charge in [-0.05, 0) is 12.5 Å². The van der Waals surface area contributed by atoms with Crippen molar-refractivity contribution in [2.75, 3.05) is 0 Å². The van der Waals surface area contributed by atoms with E-state index in [-0.39, 0.29) is 11.4 Å². The van der Waals surface area contributed by atoms with Crippen molar-refractivity contribution in [2.45, 2.75) is 13.5 Å². The summed E-state index contributed by atoms with van der Waals surface area (Å²) in [6.45, 7) is 2.27. The Morgan fingerprint density at radius 3 is 2.30 bits per heavy atom. The number of carbonyl (C=O) groups is 2. The van der Waals surface area contributed by atoms with Gasteiger partial charge in [-0.3, -0.25) is 4.79 Å². The molecule has 1 aromatic carbocycles. The maximum atomic E-state index is 11.9. The van der Waals surface area contributed by atoms with E-state index in [2.05, 4.69) is 15.3 Å². The molecule has 0 unspecified atom stereocenters. The fraction of sp³-hybridized carbons (Fsp3) is 0.143. The van der Waals surface area contributed by atoms with Crippen LogP contribution in [0.5, 0.6) is 0 Å². The summed E-state index contributed by atoms with van der Waals surface area (Å²) in [5, 5.41) is 11.6. The van der Waals surface area contributed by atoms with Crippen molar-refractivity contribution < 1.29 is 14.7 Å². The Hall–Kier alpha value is -2.76. The van der Waals surface area contributed by atoms with Crippen molar-refractivity contribution in [3.8, 4) is 0 Å². The average molecular weight is 271 g/mol. The van der Waals surface area contributed by atoms with Crippen LogP contribution in [-0.2, 0) is 6.54 Å². The van der Waals surface area contributed by atoms with Crippen molar-refractivity contribution in [1.29, 1.82) is 0 Å². The second kappa shape index (κ2) is 5.92. The van der Waals surface area contributed by atoms with Gasteiger partial charge in [-0.1, -0.05) is 29.8 Å². The third-order valence-electron chi connectivity index (χ3n) is 2.69. The van der Waals surface area contributed by atoms with Gasteiger partial charge >= 0.3 is 5.97 Å².